The maximum absolute atomic E-state index is 12.8. The van der Waals surface area contributed by atoms with Gasteiger partial charge in [-0.15, -0.1) is 11.8 Å². The Bertz CT molecular complexity index is 992. The van der Waals surface area contributed by atoms with E-state index in [2.05, 4.69) is 10.0 Å². The minimum atomic E-state index is -3.79. The number of carbonyl (C=O) groups excluding carboxylic acids is 1. The van der Waals surface area contributed by atoms with E-state index in [1.807, 2.05) is 6.92 Å². The average Bonchev–Trinajstić information content (AvgIpc) is 2.81. The molecule has 1 heterocycles. The second-order valence-electron chi connectivity index (χ2n) is 6.34. The Kier molecular flexibility index (Phi) is 6.17. The fourth-order valence-corrected chi connectivity index (χ4v) is 4.96. The van der Waals surface area contributed by atoms with Gasteiger partial charge >= 0.3 is 0 Å². The van der Waals surface area contributed by atoms with Crippen LogP contribution in [0.2, 0.25) is 0 Å². The van der Waals surface area contributed by atoms with Crippen molar-refractivity contribution in [3.8, 4) is 11.5 Å². The number of fused-ring (bicyclic) bond motifs is 1. The van der Waals surface area contributed by atoms with Gasteiger partial charge in [-0.25, -0.2) is 13.1 Å². The van der Waals surface area contributed by atoms with Gasteiger partial charge in [0.1, 0.15) is 11.5 Å². The molecule has 0 spiro atoms. The predicted octanol–water partition coefficient (Wildman–Crippen LogP) is 3.01. The number of sulfonamides is 1. The van der Waals surface area contributed by atoms with Crippen LogP contribution in [-0.2, 0) is 21.4 Å². The molecule has 0 saturated heterocycles. The quantitative estimate of drug-likeness (QED) is 0.743. The number of nitrogens with one attached hydrogen (secondary N) is 2. The van der Waals surface area contributed by atoms with E-state index in [4.69, 9.17) is 9.47 Å². The summed E-state index contributed by atoms with van der Waals surface area (Å²) in [4.78, 5) is 12.9. The zero-order valence-corrected chi connectivity index (χ0v) is 17.4. The van der Waals surface area contributed by atoms with Crippen LogP contribution in [0.4, 0.5) is 5.69 Å². The van der Waals surface area contributed by atoms with E-state index in [1.165, 1.54) is 13.2 Å². The first-order valence-electron chi connectivity index (χ1n) is 8.63. The molecule has 0 unspecified atom stereocenters. The Morgan fingerprint density at radius 3 is 2.68 bits per heavy atom. The van der Waals surface area contributed by atoms with E-state index < -0.39 is 10.0 Å². The van der Waals surface area contributed by atoms with Crippen molar-refractivity contribution < 1.29 is 22.7 Å². The summed E-state index contributed by atoms with van der Waals surface area (Å²) in [5, 5.41) is 2.91. The number of rotatable bonds is 6. The first-order chi connectivity index (χ1) is 13.3. The lowest BCUT2D eigenvalue weighted by molar-refractivity contribution is -0.116. The first-order valence-corrected chi connectivity index (χ1v) is 11.0. The molecule has 1 atom stereocenters. The molecular formula is C19H22N2O5S2. The van der Waals surface area contributed by atoms with E-state index >= 15 is 0 Å². The summed E-state index contributed by atoms with van der Waals surface area (Å²) in [6, 6.07) is 9.94. The molecule has 0 aliphatic carbocycles. The van der Waals surface area contributed by atoms with Crippen molar-refractivity contribution in [1.82, 2.24) is 4.72 Å². The molecule has 0 fully saturated rings. The summed E-state index contributed by atoms with van der Waals surface area (Å²) >= 11 is 1.55. The number of amides is 1. The molecule has 3 rings (SSSR count). The third-order valence-electron chi connectivity index (χ3n) is 4.28. The van der Waals surface area contributed by atoms with Crippen LogP contribution in [0.25, 0.3) is 0 Å². The molecule has 1 aliphatic rings. The van der Waals surface area contributed by atoms with Crippen molar-refractivity contribution in [1.29, 1.82) is 0 Å². The van der Waals surface area contributed by atoms with Crippen LogP contribution in [0, 0.1) is 0 Å². The second-order valence-corrected chi connectivity index (χ2v) is 9.59. The third-order valence-corrected chi connectivity index (χ3v) is 6.85. The van der Waals surface area contributed by atoms with Crippen molar-refractivity contribution in [2.45, 2.75) is 34.9 Å². The molecule has 0 saturated carbocycles. The summed E-state index contributed by atoms with van der Waals surface area (Å²) in [7, 11) is -0.725. The maximum atomic E-state index is 12.8. The molecule has 1 amide bonds. The Hall–Kier alpha value is -2.23. The number of ether oxygens (including phenoxy) is 2. The van der Waals surface area contributed by atoms with Crippen molar-refractivity contribution in [3.63, 3.8) is 0 Å². The fraction of sp³-hybridized carbons (Fsp3) is 0.316. The third kappa shape index (κ3) is 4.60. The van der Waals surface area contributed by atoms with Crippen LogP contribution in [0.5, 0.6) is 11.5 Å². The molecule has 150 valence electrons. The summed E-state index contributed by atoms with van der Waals surface area (Å²) in [5.74, 6) is 1.04. The van der Waals surface area contributed by atoms with Gasteiger partial charge in [0.25, 0.3) is 0 Å². The Morgan fingerprint density at radius 2 is 1.96 bits per heavy atom. The van der Waals surface area contributed by atoms with Crippen molar-refractivity contribution >= 4 is 33.4 Å². The number of benzene rings is 2. The molecule has 0 aromatic heterocycles. The minimum Gasteiger partial charge on any atom is -0.497 e. The lowest BCUT2D eigenvalue weighted by atomic mass is 10.2. The largest absolute Gasteiger partial charge is 0.497 e. The highest BCUT2D eigenvalue weighted by Crippen LogP contribution is 2.36. The van der Waals surface area contributed by atoms with Gasteiger partial charge in [0.2, 0.25) is 15.9 Å². The van der Waals surface area contributed by atoms with Crippen LogP contribution in [0.3, 0.4) is 0 Å². The van der Waals surface area contributed by atoms with Crippen molar-refractivity contribution in [3.05, 3.63) is 42.0 Å². The molecule has 9 heteroatoms. The van der Waals surface area contributed by atoms with E-state index in [0.717, 1.165) is 4.90 Å². The van der Waals surface area contributed by atoms with Crippen molar-refractivity contribution in [2.24, 2.45) is 0 Å². The Balaban J connectivity index is 1.83. The van der Waals surface area contributed by atoms with Gasteiger partial charge in [-0.2, -0.15) is 0 Å². The molecule has 7 nitrogen and oxygen atoms in total. The Morgan fingerprint density at radius 1 is 1.18 bits per heavy atom. The average molecular weight is 423 g/mol. The molecule has 0 bridgehead atoms. The topological polar surface area (TPSA) is 93.7 Å². The smallest absolute Gasteiger partial charge is 0.240 e. The van der Waals surface area contributed by atoms with E-state index in [1.54, 1.807) is 49.2 Å². The summed E-state index contributed by atoms with van der Waals surface area (Å²) in [6.07, 6.45) is 0.384. The van der Waals surface area contributed by atoms with Crippen LogP contribution in [-0.4, -0.2) is 33.8 Å². The van der Waals surface area contributed by atoms with E-state index in [0.29, 0.717) is 29.2 Å². The standard InChI is InChI=1S/C19H22N2O5S2/c1-12-8-19(22)21-16-10-15(5-7-18(16)27-12)28(23,24)20-11-13-9-14(25-2)4-6-17(13)26-3/h4-7,9-10,12,20H,8,11H2,1-3H3,(H,21,22)/t12-/m0/s1. The predicted molar refractivity (Wildman–Crippen MR) is 109 cm³/mol. The fourth-order valence-electron chi connectivity index (χ4n) is 2.87. The monoisotopic (exact) mass is 422 g/mol. The van der Waals surface area contributed by atoms with Gasteiger partial charge < -0.3 is 14.8 Å². The van der Waals surface area contributed by atoms with E-state index in [9.17, 15) is 13.2 Å². The molecule has 28 heavy (non-hydrogen) atoms. The molecule has 2 N–H and O–H groups in total. The molecule has 1 aliphatic heterocycles. The number of hydrogen-bond donors (Lipinski definition) is 2. The van der Waals surface area contributed by atoms with Crippen LogP contribution >= 0.6 is 11.8 Å². The highest BCUT2D eigenvalue weighted by molar-refractivity contribution is 8.00. The number of thioether (sulfide) groups is 1. The maximum Gasteiger partial charge on any atom is 0.240 e. The van der Waals surface area contributed by atoms with Gasteiger partial charge in [0, 0.05) is 28.7 Å². The Labute approximate surface area is 168 Å². The first kappa shape index (κ1) is 20.5. The van der Waals surface area contributed by atoms with Gasteiger partial charge in [-0.3, -0.25) is 4.79 Å². The highest BCUT2D eigenvalue weighted by Gasteiger charge is 2.22. The second kappa shape index (κ2) is 8.42. The molecular weight excluding hydrogens is 400 g/mol. The minimum absolute atomic E-state index is 0.0396. The molecule has 0 radical (unpaired) electrons. The lowest BCUT2D eigenvalue weighted by Gasteiger charge is -2.13. The number of hydrogen-bond acceptors (Lipinski definition) is 6. The van der Waals surface area contributed by atoms with Gasteiger partial charge in [-0.05, 0) is 36.4 Å². The normalized spacial score (nSPS) is 16.7. The lowest BCUT2D eigenvalue weighted by Crippen LogP contribution is -2.23. The van der Waals surface area contributed by atoms with Crippen LogP contribution in [0.1, 0.15) is 18.9 Å². The van der Waals surface area contributed by atoms with Gasteiger partial charge in [0.05, 0.1) is 24.8 Å². The van der Waals surface area contributed by atoms with E-state index in [-0.39, 0.29) is 22.6 Å². The summed E-state index contributed by atoms with van der Waals surface area (Å²) in [5.41, 5.74) is 1.17. The summed E-state index contributed by atoms with van der Waals surface area (Å²) in [6.45, 7) is 2.00. The zero-order chi connectivity index (χ0) is 20.3. The molecule has 2 aromatic rings. The number of methoxy groups -OCH3 is 2. The zero-order valence-electron chi connectivity index (χ0n) is 15.8. The summed E-state index contributed by atoms with van der Waals surface area (Å²) < 4.78 is 38.6. The number of carbonyl (C=O) groups is 1. The van der Waals surface area contributed by atoms with Crippen LogP contribution in [0.15, 0.2) is 46.2 Å². The molecule has 2 aromatic carbocycles. The van der Waals surface area contributed by atoms with Gasteiger partial charge in [-0.1, -0.05) is 6.92 Å². The number of anilines is 1. The van der Waals surface area contributed by atoms with Crippen molar-refractivity contribution in [2.75, 3.05) is 19.5 Å². The van der Waals surface area contributed by atoms with Gasteiger partial charge in [0.15, 0.2) is 0 Å². The SMILES string of the molecule is COc1ccc(OC)c(CNS(=O)(=O)c2ccc3c(c2)NC(=O)C[C@H](C)S3)c1. The highest BCUT2D eigenvalue weighted by atomic mass is 32.2. The van der Waals surface area contributed by atoms with Crippen LogP contribution < -0.4 is 19.5 Å².